The van der Waals surface area contributed by atoms with Gasteiger partial charge in [-0.2, -0.15) is 0 Å². The lowest BCUT2D eigenvalue weighted by molar-refractivity contribution is -0.274. The standard InChI is InChI=1S/C19H18F3N4O3P/c1-25(11-16-17(18(27)28)23-24-26(16)30-2)14-7-3-12(4-8-14)13-5-9-15(10-6-13)29-19(20,21)22/h3-10,30H,11H2,1-2H3,(H,27,28). The molecule has 3 rings (SSSR count). The van der Waals surface area contributed by atoms with Crippen molar-refractivity contribution in [3.63, 3.8) is 0 Å². The van der Waals surface area contributed by atoms with Crippen LogP contribution in [-0.2, 0) is 6.54 Å². The number of alkyl halides is 3. The maximum Gasteiger partial charge on any atom is 0.573 e. The molecule has 0 bridgehead atoms. The number of hydrogen-bond donors (Lipinski definition) is 1. The first-order valence-electron chi connectivity index (χ1n) is 8.71. The van der Waals surface area contributed by atoms with Crippen LogP contribution < -0.4 is 9.64 Å². The molecule has 1 aromatic heterocycles. The topological polar surface area (TPSA) is 80.5 Å². The zero-order valence-corrected chi connectivity index (χ0v) is 17.0. The van der Waals surface area contributed by atoms with Gasteiger partial charge in [0, 0.05) is 21.5 Å². The fourth-order valence-electron chi connectivity index (χ4n) is 2.86. The van der Waals surface area contributed by atoms with Gasteiger partial charge in [0.2, 0.25) is 0 Å². The van der Waals surface area contributed by atoms with Gasteiger partial charge in [-0.15, -0.1) is 18.3 Å². The van der Waals surface area contributed by atoms with E-state index >= 15 is 0 Å². The fourth-order valence-corrected chi connectivity index (χ4v) is 3.44. The van der Waals surface area contributed by atoms with Crippen molar-refractivity contribution in [2.24, 2.45) is 0 Å². The summed E-state index contributed by atoms with van der Waals surface area (Å²) in [5.74, 6) is -1.41. The lowest BCUT2D eigenvalue weighted by Crippen LogP contribution is -2.20. The van der Waals surface area contributed by atoms with Gasteiger partial charge in [-0.25, -0.2) is 9.25 Å². The molecule has 0 amide bonds. The molecule has 0 radical (unpaired) electrons. The molecule has 0 spiro atoms. The molecular formula is C19H18F3N4O3P. The van der Waals surface area contributed by atoms with Gasteiger partial charge in [-0.05, 0) is 42.1 Å². The van der Waals surface area contributed by atoms with E-state index in [1.165, 1.54) is 12.1 Å². The van der Waals surface area contributed by atoms with E-state index in [1.54, 1.807) is 16.6 Å². The molecule has 158 valence electrons. The van der Waals surface area contributed by atoms with Crippen molar-refractivity contribution in [2.75, 3.05) is 18.6 Å². The molecule has 1 heterocycles. The molecule has 3 aromatic rings. The van der Waals surface area contributed by atoms with E-state index in [-0.39, 0.29) is 20.2 Å². The Morgan fingerprint density at radius 2 is 1.70 bits per heavy atom. The van der Waals surface area contributed by atoms with E-state index < -0.39 is 12.3 Å². The lowest BCUT2D eigenvalue weighted by Gasteiger charge is -2.20. The van der Waals surface area contributed by atoms with Crippen molar-refractivity contribution < 1.29 is 27.8 Å². The third kappa shape index (κ3) is 5.07. The number of aromatic carboxylic acids is 1. The molecule has 0 aliphatic rings. The average Bonchev–Trinajstić information content (AvgIpc) is 3.10. The number of carbonyl (C=O) groups is 1. The molecule has 0 aliphatic carbocycles. The normalized spacial score (nSPS) is 11.8. The monoisotopic (exact) mass is 438 g/mol. The van der Waals surface area contributed by atoms with E-state index in [0.717, 1.165) is 16.8 Å². The Kier molecular flexibility index (Phi) is 6.26. The van der Waals surface area contributed by atoms with E-state index in [9.17, 15) is 23.1 Å². The maximum absolute atomic E-state index is 12.3. The summed E-state index contributed by atoms with van der Waals surface area (Å²) in [6, 6.07) is 13.0. The summed E-state index contributed by atoms with van der Waals surface area (Å²) in [4.78, 5) is 13.2. The van der Waals surface area contributed by atoms with Gasteiger partial charge in [0.05, 0.1) is 12.2 Å². The number of benzene rings is 2. The SMILES string of the molecule is CPn1nnc(C(=O)O)c1CN(C)c1ccc(-c2ccc(OC(F)(F)F)cc2)cc1. The zero-order chi connectivity index (χ0) is 21.9. The summed E-state index contributed by atoms with van der Waals surface area (Å²) in [5.41, 5.74) is 2.82. The third-order valence-corrected chi connectivity index (χ3v) is 5.08. The Balaban J connectivity index is 1.74. The second-order valence-corrected chi connectivity index (χ2v) is 7.17. The predicted molar refractivity (Wildman–Crippen MR) is 107 cm³/mol. The molecule has 1 unspecified atom stereocenters. The molecule has 11 heteroatoms. The second kappa shape index (κ2) is 8.71. The van der Waals surface area contributed by atoms with Gasteiger partial charge in [0.15, 0.2) is 5.69 Å². The number of rotatable bonds is 7. The number of carboxylic acids is 1. The minimum absolute atomic E-state index is 0.0750. The largest absolute Gasteiger partial charge is 0.573 e. The molecule has 0 saturated heterocycles. The summed E-state index contributed by atoms with van der Waals surface area (Å²) in [7, 11) is 2.07. The van der Waals surface area contributed by atoms with Crippen LogP contribution in [0.4, 0.5) is 18.9 Å². The van der Waals surface area contributed by atoms with Gasteiger partial charge in [0.1, 0.15) is 5.75 Å². The molecule has 0 saturated carbocycles. The molecule has 1 N–H and O–H groups in total. The predicted octanol–water partition coefficient (Wildman–Crippen LogP) is 4.25. The van der Waals surface area contributed by atoms with Crippen LogP contribution in [0.2, 0.25) is 0 Å². The number of carboxylic acid groups (broad SMARTS) is 1. The molecular weight excluding hydrogens is 420 g/mol. The first-order valence-corrected chi connectivity index (χ1v) is 10.2. The lowest BCUT2D eigenvalue weighted by atomic mass is 10.1. The van der Waals surface area contributed by atoms with Crippen molar-refractivity contribution in [1.82, 2.24) is 14.8 Å². The van der Waals surface area contributed by atoms with Crippen molar-refractivity contribution in [1.29, 1.82) is 0 Å². The van der Waals surface area contributed by atoms with Crippen LogP contribution in [0.1, 0.15) is 16.2 Å². The Morgan fingerprint density at radius 3 is 2.20 bits per heavy atom. The second-order valence-electron chi connectivity index (χ2n) is 6.30. The molecule has 30 heavy (non-hydrogen) atoms. The first kappa shape index (κ1) is 21.6. The van der Waals surface area contributed by atoms with Crippen LogP contribution in [0, 0.1) is 0 Å². The summed E-state index contributed by atoms with van der Waals surface area (Å²) >= 11 is 0. The Morgan fingerprint density at radius 1 is 1.13 bits per heavy atom. The highest BCUT2D eigenvalue weighted by molar-refractivity contribution is 7.35. The number of halogens is 3. The van der Waals surface area contributed by atoms with Gasteiger partial charge >= 0.3 is 12.3 Å². The van der Waals surface area contributed by atoms with Gasteiger partial charge in [-0.1, -0.05) is 29.5 Å². The quantitative estimate of drug-likeness (QED) is 0.556. The molecule has 1 atom stereocenters. The Bertz CT molecular complexity index is 1020. The average molecular weight is 438 g/mol. The highest BCUT2D eigenvalue weighted by Gasteiger charge is 2.31. The van der Waals surface area contributed by atoms with Gasteiger partial charge < -0.3 is 14.7 Å². The Labute approximate surface area is 171 Å². The number of ether oxygens (including phenoxy) is 1. The van der Waals surface area contributed by atoms with E-state index in [1.807, 2.05) is 42.9 Å². The minimum atomic E-state index is -4.72. The highest BCUT2D eigenvalue weighted by atomic mass is 31.1. The molecule has 0 aliphatic heterocycles. The van der Waals surface area contributed by atoms with Gasteiger partial charge in [-0.3, -0.25) is 0 Å². The smallest absolute Gasteiger partial charge is 0.476 e. The number of hydrogen-bond acceptors (Lipinski definition) is 5. The maximum atomic E-state index is 12.3. The van der Waals surface area contributed by atoms with Crippen molar-refractivity contribution >= 4 is 20.4 Å². The first-order chi connectivity index (χ1) is 14.2. The van der Waals surface area contributed by atoms with Crippen LogP contribution in [0.25, 0.3) is 11.1 Å². The van der Waals surface area contributed by atoms with Crippen LogP contribution >= 0.6 is 8.73 Å². The van der Waals surface area contributed by atoms with Crippen molar-refractivity contribution in [2.45, 2.75) is 12.9 Å². The third-order valence-electron chi connectivity index (χ3n) is 4.29. The summed E-state index contributed by atoms with van der Waals surface area (Å²) in [5, 5.41) is 16.9. The van der Waals surface area contributed by atoms with E-state index in [4.69, 9.17) is 0 Å². The van der Waals surface area contributed by atoms with Crippen molar-refractivity contribution in [3.8, 4) is 16.9 Å². The van der Waals surface area contributed by atoms with E-state index in [2.05, 4.69) is 15.0 Å². The van der Waals surface area contributed by atoms with Crippen molar-refractivity contribution in [3.05, 3.63) is 59.9 Å². The van der Waals surface area contributed by atoms with Gasteiger partial charge in [0.25, 0.3) is 0 Å². The summed E-state index contributed by atoms with van der Waals surface area (Å²) < 4.78 is 42.3. The molecule has 0 fully saturated rings. The Hall–Kier alpha value is -3.13. The minimum Gasteiger partial charge on any atom is -0.476 e. The summed E-state index contributed by atoms with van der Waals surface area (Å²) in [6.07, 6.45) is -4.72. The highest BCUT2D eigenvalue weighted by Crippen LogP contribution is 2.28. The number of anilines is 1. The molecule has 2 aromatic carbocycles. The summed E-state index contributed by atoms with van der Waals surface area (Å²) in [6.45, 7) is 2.18. The molecule has 7 nitrogen and oxygen atoms in total. The van der Waals surface area contributed by atoms with Crippen LogP contribution in [0.3, 0.4) is 0 Å². The zero-order valence-electron chi connectivity index (χ0n) is 16.0. The number of aromatic nitrogens is 3. The van der Waals surface area contributed by atoms with E-state index in [0.29, 0.717) is 12.2 Å². The van der Waals surface area contributed by atoms with Crippen LogP contribution in [-0.4, -0.2) is 45.9 Å². The number of nitrogens with zero attached hydrogens (tertiary/aromatic N) is 4. The van der Waals surface area contributed by atoms with Crippen LogP contribution in [0.15, 0.2) is 48.5 Å². The fraction of sp³-hybridized carbons (Fsp3) is 0.211. The van der Waals surface area contributed by atoms with Crippen LogP contribution in [0.5, 0.6) is 5.75 Å².